The molecule has 0 radical (unpaired) electrons. The maximum Gasteiger partial charge on any atom is 0.263 e. The van der Waals surface area contributed by atoms with Gasteiger partial charge in [-0.2, -0.15) is 0 Å². The average Bonchev–Trinajstić information content (AvgIpc) is 2.76. The molecule has 1 saturated carbocycles. The van der Waals surface area contributed by atoms with Gasteiger partial charge < -0.3 is 21.1 Å². The first-order chi connectivity index (χ1) is 9.88. The van der Waals surface area contributed by atoms with Crippen LogP contribution in [0.15, 0.2) is 0 Å². The molecule has 0 atom stereocenters. The number of hydrogen-bond acceptors (Lipinski definition) is 5. The third kappa shape index (κ3) is 3.43. The molecule has 1 aliphatic carbocycles. The second-order valence-electron chi connectivity index (χ2n) is 6.37. The number of nitrogens with two attached hydrogens (primary N) is 1. The molecule has 2 rings (SSSR count). The van der Waals surface area contributed by atoms with Gasteiger partial charge in [0.1, 0.15) is 15.6 Å². The minimum absolute atomic E-state index is 0.173. The van der Waals surface area contributed by atoms with Crippen LogP contribution in [0.25, 0.3) is 0 Å². The van der Waals surface area contributed by atoms with Gasteiger partial charge in [-0.3, -0.25) is 4.79 Å². The van der Waals surface area contributed by atoms with E-state index in [1.807, 2.05) is 0 Å². The van der Waals surface area contributed by atoms with Gasteiger partial charge >= 0.3 is 0 Å². The Morgan fingerprint density at radius 2 is 2.00 bits per heavy atom. The van der Waals surface area contributed by atoms with Crippen LogP contribution in [0.1, 0.15) is 49.2 Å². The molecule has 6 heteroatoms. The van der Waals surface area contributed by atoms with E-state index in [-0.39, 0.29) is 5.91 Å². The van der Waals surface area contributed by atoms with Gasteiger partial charge in [0.2, 0.25) is 0 Å². The molecule has 1 heterocycles. The number of methoxy groups -OCH3 is 1. The molecule has 0 bridgehead atoms. The summed E-state index contributed by atoms with van der Waals surface area (Å²) in [6.45, 7) is 4.63. The number of amides is 1. The van der Waals surface area contributed by atoms with Crippen molar-refractivity contribution in [2.45, 2.75) is 45.6 Å². The normalized spacial score (nSPS) is 18.3. The molecule has 1 fully saturated rings. The lowest BCUT2D eigenvalue weighted by molar-refractivity contribution is 0.0967. The summed E-state index contributed by atoms with van der Waals surface area (Å²) in [5, 5.41) is 6.98. The second-order valence-corrected chi connectivity index (χ2v) is 7.39. The van der Waals surface area contributed by atoms with Crippen LogP contribution in [0.5, 0.6) is 5.75 Å². The lowest BCUT2D eigenvalue weighted by Crippen LogP contribution is -2.29. The number of ether oxygens (including phenoxy) is 1. The fourth-order valence-electron chi connectivity index (χ4n) is 2.74. The Morgan fingerprint density at radius 1 is 1.38 bits per heavy atom. The van der Waals surface area contributed by atoms with Crippen LogP contribution in [-0.2, 0) is 0 Å². The Hall–Kier alpha value is -1.43. The van der Waals surface area contributed by atoms with E-state index in [2.05, 4.69) is 24.5 Å². The van der Waals surface area contributed by atoms with Gasteiger partial charge in [-0.1, -0.05) is 13.8 Å². The smallest absolute Gasteiger partial charge is 0.263 e. The van der Waals surface area contributed by atoms with E-state index >= 15 is 0 Å². The van der Waals surface area contributed by atoms with Crippen LogP contribution in [0, 0.1) is 5.41 Å². The van der Waals surface area contributed by atoms with Crippen LogP contribution in [0.3, 0.4) is 0 Å². The molecule has 0 spiro atoms. The van der Waals surface area contributed by atoms with Crippen molar-refractivity contribution in [3.63, 3.8) is 0 Å². The van der Waals surface area contributed by atoms with Crippen molar-refractivity contribution in [3.8, 4) is 5.75 Å². The number of nitrogens with one attached hydrogen (secondary N) is 2. The Morgan fingerprint density at radius 3 is 2.52 bits per heavy atom. The van der Waals surface area contributed by atoms with Crippen molar-refractivity contribution in [2.24, 2.45) is 5.41 Å². The van der Waals surface area contributed by atoms with E-state index in [4.69, 9.17) is 10.5 Å². The number of anilines is 2. The fourth-order valence-corrected chi connectivity index (χ4v) is 3.85. The predicted octanol–water partition coefficient (Wildman–Crippen LogP) is 3.08. The van der Waals surface area contributed by atoms with Crippen LogP contribution in [0.4, 0.5) is 10.7 Å². The van der Waals surface area contributed by atoms with E-state index in [9.17, 15) is 4.79 Å². The van der Waals surface area contributed by atoms with Crippen molar-refractivity contribution in [3.05, 3.63) is 4.88 Å². The number of rotatable bonds is 4. The summed E-state index contributed by atoms with van der Waals surface area (Å²) in [5.74, 6) is 0.414. The molecule has 0 aromatic carbocycles. The van der Waals surface area contributed by atoms with Crippen molar-refractivity contribution in [1.82, 2.24) is 5.32 Å². The minimum atomic E-state index is -0.173. The van der Waals surface area contributed by atoms with E-state index < -0.39 is 0 Å². The van der Waals surface area contributed by atoms with E-state index in [1.165, 1.54) is 24.2 Å². The molecule has 21 heavy (non-hydrogen) atoms. The summed E-state index contributed by atoms with van der Waals surface area (Å²) < 4.78 is 5.38. The zero-order valence-corrected chi connectivity index (χ0v) is 14.0. The van der Waals surface area contributed by atoms with Crippen LogP contribution < -0.4 is 21.1 Å². The molecule has 1 amide bonds. The monoisotopic (exact) mass is 311 g/mol. The number of nitrogen functional groups attached to an aromatic ring is 1. The highest BCUT2D eigenvalue weighted by molar-refractivity contribution is 7.19. The zero-order chi connectivity index (χ0) is 15.6. The van der Waals surface area contributed by atoms with E-state index in [0.717, 1.165) is 17.8 Å². The van der Waals surface area contributed by atoms with E-state index in [0.29, 0.717) is 27.8 Å². The molecule has 0 unspecified atom stereocenters. The van der Waals surface area contributed by atoms with Crippen molar-refractivity contribution in [1.29, 1.82) is 0 Å². The molecule has 1 aromatic heterocycles. The van der Waals surface area contributed by atoms with E-state index in [1.54, 1.807) is 14.2 Å². The highest BCUT2D eigenvalue weighted by atomic mass is 32.1. The zero-order valence-electron chi connectivity index (χ0n) is 13.2. The van der Waals surface area contributed by atoms with Crippen molar-refractivity contribution >= 4 is 27.9 Å². The van der Waals surface area contributed by atoms with Gasteiger partial charge in [-0.15, -0.1) is 11.3 Å². The molecule has 4 N–H and O–H groups in total. The van der Waals surface area contributed by atoms with Crippen LogP contribution >= 0.6 is 11.3 Å². The van der Waals surface area contributed by atoms with Gasteiger partial charge in [0.05, 0.1) is 7.11 Å². The molecule has 1 aliphatic rings. The maximum absolute atomic E-state index is 11.8. The number of hydrogen-bond donors (Lipinski definition) is 3. The first kappa shape index (κ1) is 15.9. The quantitative estimate of drug-likeness (QED) is 0.798. The molecule has 5 nitrogen and oxygen atoms in total. The topological polar surface area (TPSA) is 76.4 Å². The first-order valence-corrected chi connectivity index (χ1v) is 8.14. The molecule has 0 saturated heterocycles. The summed E-state index contributed by atoms with van der Waals surface area (Å²) in [7, 11) is 3.19. The van der Waals surface area contributed by atoms with Crippen molar-refractivity contribution < 1.29 is 9.53 Å². The average molecular weight is 311 g/mol. The minimum Gasteiger partial charge on any atom is -0.492 e. The van der Waals surface area contributed by atoms with Crippen molar-refractivity contribution in [2.75, 3.05) is 25.2 Å². The fraction of sp³-hybridized carbons (Fsp3) is 0.667. The Balaban J connectivity index is 2.15. The first-order valence-electron chi connectivity index (χ1n) is 7.33. The third-order valence-corrected chi connectivity index (χ3v) is 5.33. The second kappa shape index (κ2) is 6.13. The summed E-state index contributed by atoms with van der Waals surface area (Å²) in [4.78, 5) is 12.3. The summed E-state index contributed by atoms with van der Waals surface area (Å²) in [6.07, 6.45) is 4.67. The highest BCUT2D eigenvalue weighted by Gasteiger charge is 2.29. The summed E-state index contributed by atoms with van der Waals surface area (Å²) in [5.41, 5.74) is 6.88. The van der Waals surface area contributed by atoms with Crippen LogP contribution in [0.2, 0.25) is 0 Å². The maximum atomic E-state index is 11.8. The third-order valence-electron chi connectivity index (χ3n) is 4.21. The van der Waals surface area contributed by atoms with Gasteiger partial charge in [0.15, 0.2) is 5.75 Å². The largest absolute Gasteiger partial charge is 0.492 e. The van der Waals surface area contributed by atoms with Crippen LogP contribution in [-0.4, -0.2) is 26.1 Å². The predicted molar refractivity (Wildman–Crippen MR) is 88.3 cm³/mol. The lowest BCUT2D eigenvalue weighted by atomic mass is 9.75. The number of carbonyl (C=O) groups excluding carboxylic acids is 1. The summed E-state index contributed by atoms with van der Waals surface area (Å²) in [6, 6.07) is 0.419. The van der Waals surface area contributed by atoms with Gasteiger partial charge in [0.25, 0.3) is 5.91 Å². The Kier molecular flexibility index (Phi) is 4.66. The SMILES string of the molecule is CNC(=O)c1sc(NC2CCC(C)(C)CC2)c(OC)c1N. The number of carbonyl (C=O) groups is 1. The highest BCUT2D eigenvalue weighted by Crippen LogP contribution is 2.44. The van der Waals surface area contributed by atoms with Gasteiger partial charge in [0, 0.05) is 13.1 Å². The standard InChI is InChI=1S/C15H25N3O2S/c1-15(2)7-5-9(6-8-15)18-14-11(20-4)10(16)12(21-14)13(19)17-3/h9,18H,5-8,16H2,1-4H3,(H,17,19). The van der Waals surface area contributed by atoms with Gasteiger partial charge in [-0.25, -0.2) is 0 Å². The molecular weight excluding hydrogens is 286 g/mol. The molecule has 1 aromatic rings. The summed E-state index contributed by atoms with van der Waals surface area (Å²) >= 11 is 1.36. The Bertz CT molecular complexity index is 515. The molecule has 118 valence electrons. The van der Waals surface area contributed by atoms with Gasteiger partial charge in [-0.05, 0) is 31.1 Å². The lowest BCUT2D eigenvalue weighted by Gasteiger charge is -2.34. The Labute approximate surface area is 130 Å². The number of thiophene rings is 1. The molecular formula is C15H25N3O2S. The molecule has 0 aliphatic heterocycles.